The van der Waals surface area contributed by atoms with Crippen LogP contribution in [0.4, 0.5) is 5.69 Å². The molecule has 1 N–H and O–H groups in total. The Morgan fingerprint density at radius 2 is 2.12 bits per heavy atom. The number of amides is 1. The number of carbonyl (C=O) groups excluding carboxylic acids is 1. The number of nitrogens with zero attached hydrogens (tertiary/aromatic N) is 3. The first-order valence-electron chi connectivity index (χ1n) is 9.00. The highest BCUT2D eigenvalue weighted by Gasteiger charge is 2.57. The van der Waals surface area contributed by atoms with Crippen molar-refractivity contribution in [3.63, 3.8) is 0 Å². The third kappa shape index (κ3) is 2.73. The van der Waals surface area contributed by atoms with Crippen LogP contribution in [-0.4, -0.2) is 67.7 Å². The molecule has 6 nitrogen and oxygen atoms in total. The average molecular weight is 340 g/mol. The maximum Gasteiger partial charge on any atom is 0.237 e. The number of hydrogen-bond acceptors (Lipinski definition) is 5. The molecule has 2 fully saturated rings. The molecule has 0 unspecified atom stereocenters. The third-order valence-corrected chi connectivity index (χ3v) is 5.78. The minimum atomic E-state index is -0.719. The predicted molar refractivity (Wildman–Crippen MR) is 94.1 cm³/mol. The zero-order valence-electron chi connectivity index (χ0n) is 14.6. The summed E-state index contributed by atoms with van der Waals surface area (Å²) in [6.07, 6.45) is 0.276. The molecule has 1 aromatic rings. The summed E-state index contributed by atoms with van der Waals surface area (Å²) in [5.41, 5.74) is 1.12. The summed E-state index contributed by atoms with van der Waals surface area (Å²) in [6, 6.07) is 10.2. The molecular weight excluding hydrogens is 316 g/mol. The van der Waals surface area contributed by atoms with Crippen molar-refractivity contribution in [3.05, 3.63) is 29.8 Å². The lowest BCUT2D eigenvalue weighted by molar-refractivity contribution is -0.121. The fourth-order valence-corrected chi connectivity index (χ4v) is 4.48. The zero-order valence-corrected chi connectivity index (χ0v) is 14.6. The largest absolute Gasteiger partial charge is 0.376 e. The van der Waals surface area contributed by atoms with Gasteiger partial charge in [-0.05, 0) is 18.6 Å². The van der Waals surface area contributed by atoms with Gasteiger partial charge >= 0.3 is 0 Å². The number of nitrogens with one attached hydrogen (secondary N) is 1. The molecule has 0 aliphatic carbocycles. The van der Waals surface area contributed by atoms with Gasteiger partial charge in [-0.15, -0.1) is 0 Å². The Kier molecular flexibility index (Phi) is 4.24. The van der Waals surface area contributed by atoms with Crippen LogP contribution in [0.2, 0.25) is 0 Å². The SMILES string of the molecule is C[C@@H]1CN(CCN2C[C@H](C#N)[C@]3(C2)C(=O)Nc2ccccc23)CCO1. The van der Waals surface area contributed by atoms with Gasteiger partial charge < -0.3 is 10.1 Å². The molecule has 4 rings (SSSR count). The number of nitriles is 1. The summed E-state index contributed by atoms with van der Waals surface area (Å²) in [5.74, 6) is -0.331. The Balaban J connectivity index is 1.50. The van der Waals surface area contributed by atoms with E-state index in [-0.39, 0.29) is 17.9 Å². The Bertz CT molecular complexity index is 716. The molecule has 0 saturated carbocycles. The summed E-state index contributed by atoms with van der Waals surface area (Å²) < 4.78 is 5.59. The van der Waals surface area contributed by atoms with Gasteiger partial charge in [-0.3, -0.25) is 14.6 Å². The molecule has 3 heterocycles. The topological polar surface area (TPSA) is 68.6 Å². The van der Waals surface area contributed by atoms with Crippen molar-refractivity contribution >= 4 is 11.6 Å². The van der Waals surface area contributed by atoms with Gasteiger partial charge in [0, 0.05) is 45.0 Å². The second-order valence-electron chi connectivity index (χ2n) is 7.37. The zero-order chi connectivity index (χ0) is 17.4. The Morgan fingerprint density at radius 3 is 2.92 bits per heavy atom. The van der Waals surface area contributed by atoms with Crippen LogP contribution in [0.5, 0.6) is 0 Å². The van der Waals surface area contributed by atoms with Crippen molar-refractivity contribution < 1.29 is 9.53 Å². The normalized spacial score (nSPS) is 32.6. The quantitative estimate of drug-likeness (QED) is 0.891. The van der Waals surface area contributed by atoms with Crippen molar-refractivity contribution in [1.82, 2.24) is 9.80 Å². The first-order valence-corrected chi connectivity index (χ1v) is 9.00. The highest BCUT2D eigenvalue weighted by atomic mass is 16.5. The molecule has 1 spiro atoms. The van der Waals surface area contributed by atoms with Crippen LogP contribution >= 0.6 is 0 Å². The van der Waals surface area contributed by atoms with Gasteiger partial charge in [-0.1, -0.05) is 18.2 Å². The molecule has 0 aromatic heterocycles. The van der Waals surface area contributed by atoms with Gasteiger partial charge in [0.15, 0.2) is 0 Å². The summed E-state index contributed by atoms with van der Waals surface area (Å²) in [6.45, 7) is 7.88. The van der Waals surface area contributed by atoms with E-state index in [1.54, 1.807) is 0 Å². The Hall–Kier alpha value is -1.94. The Morgan fingerprint density at radius 1 is 1.32 bits per heavy atom. The van der Waals surface area contributed by atoms with Crippen LogP contribution in [0.1, 0.15) is 12.5 Å². The maximum absolute atomic E-state index is 12.8. The van der Waals surface area contributed by atoms with Gasteiger partial charge in [0.1, 0.15) is 5.41 Å². The molecule has 0 radical (unpaired) electrons. The molecule has 25 heavy (non-hydrogen) atoms. The van der Waals surface area contributed by atoms with E-state index >= 15 is 0 Å². The number of morpholine rings is 1. The molecular formula is C19H24N4O2. The highest BCUT2D eigenvalue weighted by molar-refractivity contribution is 6.07. The summed E-state index contributed by atoms with van der Waals surface area (Å²) in [5, 5.41) is 12.7. The van der Waals surface area contributed by atoms with Gasteiger partial charge in [-0.2, -0.15) is 5.26 Å². The van der Waals surface area contributed by atoms with Crippen LogP contribution in [0.15, 0.2) is 24.3 Å². The van der Waals surface area contributed by atoms with E-state index in [0.717, 1.165) is 44.0 Å². The lowest BCUT2D eigenvalue weighted by Gasteiger charge is -2.32. The summed E-state index contributed by atoms with van der Waals surface area (Å²) in [4.78, 5) is 17.5. The van der Waals surface area contributed by atoms with Crippen LogP contribution in [-0.2, 0) is 14.9 Å². The predicted octanol–water partition coefficient (Wildman–Crippen LogP) is 1.05. The molecule has 6 heteroatoms. The number of hydrogen-bond donors (Lipinski definition) is 1. The number of carbonyl (C=O) groups is 1. The lowest BCUT2D eigenvalue weighted by atomic mass is 9.74. The van der Waals surface area contributed by atoms with Crippen molar-refractivity contribution in [1.29, 1.82) is 5.26 Å². The van der Waals surface area contributed by atoms with Crippen molar-refractivity contribution in [2.75, 3.05) is 51.2 Å². The highest BCUT2D eigenvalue weighted by Crippen LogP contribution is 2.47. The number of likely N-dealkylation sites (tertiary alicyclic amines) is 1. The van der Waals surface area contributed by atoms with Crippen LogP contribution in [0.25, 0.3) is 0 Å². The van der Waals surface area contributed by atoms with Gasteiger partial charge in [0.2, 0.25) is 5.91 Å². The average Bonchev–Trinajstić information content (AvgIpc) is 3.13. The fraction of sp³-hybridized carbons (Fsp3) is 0.579. The molecule has 1 amide bonds. The molecule has 3 aliphatic rings. The standard InChI is InChI=1S/C19H24N4O2/c1-14-11-22(8-9-25-14)6-7-23-12-15(10-20)19(13-23)16-4-2-3-5-17(16)21-18(19)24/h2-5,14-15H,6-9,11-13H2,1H3,(H,21,24)/t14-,15+,19+/m1/s1. The second-order valence-corrected chi connectivity index (χ2v) is 7.37. The van der Waals surface area contributed by atoms with E-state index in [1.807, 2.05) is 24.3 Å². The van der Waals surface area contributed by atoms with Crippen LogP contribution < -0.4 is 5.32 Å². The van der Waals surface area contributed by atoms with Crippen molar-refractivity contribution in [2.24, 2.45) is 5.92 Å². The van der Waals surface area contributed by atoms with E-state index in [0.29, 0.717) is 13.1 Å². The smallest absolute Gasteiger partial charge is 0.237 e. The first kappa shape index (κ1) is 16.5. The molecule has 2 saturated heterocycles. The Labute approximate surface area is 148 Å². The van der Waals surface area contributed by atoms with E-state index in [1.165, 1.54) is 0 Å². The minimum Gasteiger partial charge on any atom is -0.376 e. The maximum atomic E-state index is 12.8. The van der Waals surface area contributed by atoms with Gasteiger partial charge in [0.05, 0.1) is 24.7 Å². The first-order chi connectivity index (χ1) is 12.1. The van der Waals surface area contributed by atoms with E-state index in [2.05, 4.69) is 28.1 Å². The van der Waals surface area contributed by atoms with E-state index in [4.69, 9.17) is 4.74 Å². The molecule has 1 aromatic carbocycles. The molecule has 132 valence electrons. The monoisotopic (exact) mass is 340 g/mol. The fourth-order valence-electron chi connectivity index (χ4n) is 4.48. The minimum absolute atomic E-state index is 0.0252. The van der Waals surface area contributed by atoms with Crippen molar-refractivity contribution in [2.45, 2.75) is 18.4 Å². The van der Waals surface area contributed by atoms with Gasteiger partial charge in [-0.25, -0.2) is 0 Å². The number of anilines is 1. The molecule has 3 atom stereocenters. The number of benzene rings is 1. The van der Waals surface area contributed by atoms with Crippen LogP contribution in [0.3, 0.4) is 0 Å². The van der Waals surface area contributed by atoms with Crippen molar-refractivity contribution in [3.8, 4) is 6.07 Å². The second kappa shape index (κ2) is 6.41. The number of ether oxygens (including phenoxy) is 1. The molecule has 3 aliphatic heterocycles. The van der Waals surface area contributed by atoms with Crippen LogP contribution in [0, 0.1) is 17.2 Å². The molecule has 0 bridgehead atoms. The van der Waals surface area contributed by atoms with E-state index < -0.39 is 5.41 Å². The number of para-hydroxylation sites is 1. The van der Waals surface area contributed by atoms with E-state index in [9.17, 15) is 10.1 Å². The third-order valence-electron chi connectivity index (χ3n) is 5.78. The summed E-state index contributed by atoms with van der Waals surface area (Å²) >= 11 is 0. The number of rotatable bonds is 3. The lowest BCUT2D eigenvalue weighted by Crippen LogP contribution is -2.45. The van der Waals surface area contributed by atoms with Gasteiger partial charge in [0.25, 0.3) is 0 Å². The summed E-state index contributed by atoms with van der Waals surface area (Å²) in [7, 11) is 0. The number of fused-ring (bicyclic) bond motifs is 2.